The summed E-state index contributed by atoms with van der Waals surface area (Å²) in [5, 5.41) is 11.6. The average molecular weight is 347 g/mol. The lowest BCUT2D eigenvalue weighted by molar-refractivity contribution is -0.199. The average Bonchev–Trinajstić information content (AvgIpc) is 2.89. The summed E-state index contributed by atoms with van der Waals surface area (Å²) >= 11 is 1.74. The Morgan fingerprint density at radius 3 is 2.75 bits per heavy atom. The highest BCUT2D eigenvalue weighted by molar-refractivity contribution is 7.18. The van der Waals surface area contributed by atoms with E-state index in [2.05, 4.69) is 28.7 Å². The van der Waals surface area contributed by atoms with Crippen LogP contribution in [0.1, 0.15) is 36.6 Å². The highest BCUT2D eigenvalue weighted by Gasteiger charge is 2.56. The number of ether oxygens (including phenoxy) is 1. The van der Waals surface area contributed by atoms with E-state index in [1.165, 1.54) is 15.8 Å². The van der Waals surface area contributed by atoms with Gasteiger partial charge < -0.3 is 14.7 Å². The molecule has 24 heavy (non-hydrogen) atoms. The van der Waals surface area contributed by atoms with Gasteiger partial charge in [0.15, 0.2) is 0 Å². The monoisotopic (exact) mass is 347 g/mol. The minimum absolute atomic E-state index is 0.0434. The fourth-order valence-corrected chi connectivity index (χ4v) is 5.35. The number of aliphatic hydroxyl groups excluding tert-OH is 1. The van der Waals surface area contributed by atoms with Gasteiger partial charge in [0.05, 0.1) is 17.6 Å². The van der Waals surface area contributed by atoms with Gasteiger partial charge in [0, 0.05) is 36.4 Å². The number of nitrogens with zero attached hydrogens (tertiary/aromatic N) is 3. The van der Waals surface area contributed by atoms with Crippen LogP contribution in [0.15, 0.2) is 6.33 Å². The Labute approximate surface area is 146 Å². The highest BCUT2D eigenvalue weighted by atomic mass is 32.1. The van der Waals surface area contributed by atoms with E-state index in [1.807, 2.05) is 6.92 Å². The number of fused-ring (bicyclic) bond motifs is 1. The molecule has 2 aliphatic rings. The van der Waals surface area contributed by atoms with Crippen LogP contribution in [0.5, 0.6) is 0 Å². The van der Waals surface area contributed by atoms with Crippen molar-refractivity contribution >= 4 is 27.4 Å². The number of piperidine rings is 1. The predicted octanol–water partition coefficient (Wildman–Crippen LogP) is 3.06. The lowest BCUT2D eigenvalue weighted by Gasteiger charge is -2.56. The van der Waals surface area contributed by atoms with E-state index in [4.69, 9.17) is 4.74 Å². The first-order chi connectivity index (χ1) is 11.6. The van der Waals surface area contributed by atoms with Crippen LogP contribution in [0.3, 0.4) is 0 Å². The van der Waals surface area contributed by atoms with Crippen molar-refractivity contribution in [2.45, 2.75) is 52.2 Å². The van der Waals surface area contributed by atoms with Crippen LogP contribution in [-0.4, -0.2) is 47.0 Å². The molecule has 2 aromatic rings. The van der Waals surface area contributed by atoms with Gasteiger partial charge in [0.1, 0.15) is 17.0 Å². The molecule has 1 N–H and O–H groups in total. The van der Waals surface area contributed by atoms with Crippen molar-refractivity contribution in [1.29, 1.82) is 0 Å². The molecular weight excluding hydrogens is 322 g/mol. The number of hydrogen-bond acceptors (Lipinski definition) is 6. The molecule has 1 saturated heterocycles. The SMILES string of the molecule is CCO[C@@H]1C[C@H](O)C12CCN(c1ncnc3sc(C)c(C)c13)CC2. The zero-order valence-electron chi connectivity index (χ0n) is 14.6. The summed E-state index contributed by atoms with van der Waals surface area (Å²) < 4.78 is 5.87. The molecule has 1 saturated carbocycles. The van der Waals surface area contributed by atoms with E-state index in [-0.39, 0.29) is 17.6 Å². The molecule has 0 aromatic carbocycles. The third kappa shape index (κ3) is 2.27. The summed E-state index contributed by atoms with van der Waals surface area (Å²) in [4.78, 5) is 13.8. The summed E-state index contributed by atoms with van der Waals surface area (Å²) in [6.07, 6.45) is 4.40. The Hall–Kier alpha value is -1.24. The molecule has 1 aliphatic heterocycles. The van der Waals surface area contributed by atoms with Crippen LogP contribution >= 0.6 is 11.3 Å². The molecule has 2 fully saturated rings. The van der Waals surface area contributed by atoms with Gasteiger partial charge in [-0.1, -0.05) is 0 Å². The summed E-state index contributed by atoms with van der Waals surface area (Å²) in [5.41, 5.74) is 1.25. The largest absolute Gasteiger partial charge is 0.392 e. The van der Waals surface area contributed by atoms with Crippen LogP contribution in [0.25, 0.3) is 10.2 Å². The Bertz CT molecular complexity index is 750. The van der Waals surface area contributed by atoms with Gasteiger partial charge in [-0.3, -0.25) is 0 Å². The van der Waals surface area contributed by atoms with E-state index in [0.29, 0.717) is 0 Å². The fourth-order valence-electron chi connectivity index (χ4n) is 4.36. The van der Waals surface area contributed by atoms with Gasteiger partial charge in [-0.25, -0.2) is 9.97 Å². The van der Waals surface area contributed by atoms with Gasteiger partial charge >= 0.3 is 0 Å². The zero-order chi connectivity index (χ0) is 16.9. The number of aliphatic hydroxyl groups is 1. The third-order valence-corrected chi connectivity index (χ3v) is 7.16. The van der Waals surface area contributed by atoms with Gasteiger partial charge in [-0.05, 0) is 39.2 Å². The van der Waals surface area contributed by atoms with Crippen LogP contribution in [0, 0.1) is 19.3 Å². The minimum Gasteiger partial charge on any atom is -0.392 e. The van der Waals surface area contributed by atoms with E-state index in [9.17, 15) is 5.11 Å². The standard InChI is InChI=1S/C18H25N3O2S/c1-4-23-14-9-13(22)18(14)5-7-21(8-6-18)16-15-11(2)12(3)24-17(15)20-10-19-16/h10,13-14,22H,4-9H2,1-3H3/t13-,14+/m0/s1. The van der Waals surface area contributed by atoms with Crippen molar-refractivity contribution in [2.75, 3.05) is 24.6 Å². The smallest absolute Gasteiger partial charge is 0.141 e. The first-order valence-corrected chi connectivity index (χ1v) is 9.64. The molecule has 6 heteroatoms. The quantitative estimate of drug-likeness (QED) is 0.925. The Morgan fingerprint density at radius 2 is 2.08 bits per heavy atom. The maximum Gasteiger partial charge on any atom is 0.141 e. The highest BCUT2D eigenvalue weighted by Crippen LogP contribution is 2.51. The lowest BCUT2D eigenvalue weighted by atomic mass is 9.58. The van der Waals surface area contributed by atoms with Crippen LogP contribution < -0.4 is 4.90 Å². The number of thiophene rings is 1. The molecule has 2 aromatic heterocycles. The second kappa shape index (κ2) is 5.93. The van der Waals surface area contributed by atoms with Crippen molar-refractivity contribution in [3.05, 3.63) is 16.8 Å². The fraction of sp³-hybridized carbons (Fsp3) is 0.667. The van der Waals surface area contributed by atoms with Crippen molar-refractivity contribution in [3.63, 3.8) is 0 Å². The second-order valence-electron chi connectivity index (χ2n) is 7.08. The number of rotatable bonds is 3. The first-order valence-electron chi connectivity index (χ1n) is 8.82. The molecule has 130 valence electrons. The molecule has 1 spiro atoms. The van der Waals surface area contributed by atoms with E-state index < -0.39 is 0 Å². The second-order valence-corrected chi connectivity index (χ2v) is 8.28. The van der Waals surface area contributed by atoms with E-state index >= 15 is 0 Å². The van der Waals surface area contributed by atoms with Crippen molar-refractivity contribution in [3.8, 4) is 0 Å². The molecule has 0 amide bonds. The Kier molecular flexibility index (Phi) is 4.01. The summed E-state index contributed by atoms with van der Waals surface area (Å²) in [7, 11) is 0. The molecule has 2 atom stereocenters. The summed E-state index contributed by atoms with van der Waals surface area (Å²) in [5.74, 6) is 1.05. The van der Waals surface area contributed by atoms with Gasteiger partial charge in [0.2, 0.25) is 0 Å². The maximum absolute atomic E-state index is 10.4. The first kappa shape index (κ1) is 16.2. The van der Waals surface area contributed by atoms with Crippen LogP contribution in [-0.2, 0) is 4.74 Å². The van der Waals surface area contributed by atoms with E-state index in [1.54, 1.807) is 17.7 Å². The molecule has 4 rings (SSSR count). The summed E-state index contributed by atoms with van der Waals surface area (Å²) in [6.45, 7) is 8.90. The number of aromatic nitrogens is 2. The normalized spacial score (nSPS) is 26.1. The van der Waals surface area contributed by atoms with Gasteiger partial charge in [-0.15, -0.1) is 11.3 Å². The predicted molar refractivity (Wildman–Crippen MR) is 96.8 cm³/mol. The molecule has 3 heterocycles. The molecular formula is C18H25N3O2S. The number of hydrogen-bond donors (Lipinski definition) is 1. The van der Waals surface area contributed by atoms with Crippen LogP contribution in [0.2, 0.25) is 0 Å². The van der Waals surface area contributed by atoms with Crippen LogP contribution in [0.4, 0.5) is 5.82 Å². The zero-order valence-corrected chi connectivity index (χ0v) is 15.4. The van der Waals surface area contributed by atoms with Crippen molar-refractivity contribution < 1.29 is 9.84 Å². The van der Waals surface area contributed by atoms with E-state index in [0.717, 1.165) is 49.6 Å². The molecule has 0 bridgehead atoms. The molecule has 0 radical (unpaired) electrons. The number of aryl methyl sites for hydroxylation is 2. The maximum atomic E-state index is 10.4. The van der Waals surface area contributed by atoms with Crippen molar-refractivity contribution in [1.82, 2.24) is 9.97 Å². The molecule has 1 aliphatic carbocycles. The Balaban J connectivity index is 1.59. The number of anilines is 1. The minimum atomic E-state index is -0.216. The summed E-state index contributed by atoms with van der Waals surface area (Å²) in [6, 6.07) is 0. The van der Waals surface area contributed by atoms with Crippen molar-refractivity contribution in [2.24, 2.45) is 5.41 Å². The topological polar surface area (TPSA) is 58.5 Å². The lowest BCUT2D eigenvalue weighted by Crippen LogP contribution is -2.62. The van der Waals surface area contributed by atoms with Gasteiger partial charge in [-0.2, -0.15) is 0 Å². The Morgan fingerprint density at radius 1 is 1.33 bits per heavy atom. The molecule has 5 nitrogen and oxygen atoms in total. The van der Waals surface area contributed by atoms with Gasteiger partial charge in [0.25, 0.3) is 0 Å². The molecule has 0 unspecified atom stereocenters. The third-order valence-electron chi connectivity index (χ3n) is 6.05.